The fraction of sp³-hybridized carbons (Fsp3) is 0.231. The summed E-state index contributed by atoms with van der Waals surface area (Å²) in [4.78, 5) is 35.1. The van der Waals surface area contributed by atoms with Gasteiger partial charge < -0.3 is 15.4 Å². The second-order valence-electron chi connectivity index (χ2n) is 4.40. The number of benzene rings is 1. The summed E-state index contributed by atoms with van der Waals surface area (Å²) in [5.41, 5.74) is -0.762. The van der Waals surface area contributed by atoms with Crippen LogP contribution in [0.1, 0.15) is 12.8 Å². The van der Waals surface area contributed by atoms with E-state index in [4.69, 9.17) is 5.11 Å². The van der Waals surface area contributed by atoms with Gasteiger partial charge >= 0.3 is 17.2 Å². The molecule has 0 amide bonds. The molecule has 0 saturated carbocycles. The van der Waals surface area contributed by atoms with Crippen LogP contribution in [0.2, 0.25) is 0 Å². The van der Waals surface area contributed by atoms with E-state index in [1.165, 1.54) is 0 Å². The van der Waals surface area contributed by atoms with Crippen LogP contribution < -0.4 is 10.9 Å². The fourth-order valence-electron chi connectivity index (χ4n) is 2.04. The zero-order valence-electron chi connectivity index (χ0n) is 11.0. The summed E-state index contributed by atoms with van der Waals surface area (Å²) >= 11 is 0. The van der Waals surface area contributed by atoms with E-state index in [9.17, 15) is 19.7 Å². The molecule has 0 aliphatic carbocycles. The van der Waals surface area contributed by atoms with E-state index in [-0.39, 0.29) is 18.7 Å². The lowest BCUT2D eigenvalue weighted by Gasteiger charge is -2.09. The van der Waals surface area contributed by atoms with Gasteiger partial charge in [-0.2, -0.15) is 0 Å². The van der Waals surface area contributed by atoms with Crippen LogP contribution in [0.3, 0.4) is 0 Å². The van der Waals surface area contributed by atoms with Gasteiger partial charge in [0.1, 0.15) is 5.69 Å². The molecule has 0 unspecified atom stereocenters. The molecule has 21 heavy (non-hydrogen) atoms. The van der Waals surface area contributed by atoms with E-state index in [2.05, 4.69) is 10.3 Å². The van der Waals surface area contributed by atoms with Crippen molar-refractivity contribution in [3.63, 3.8) is 0 Å². The number of anilines is 1. The molecule has 0 radical (unpaired) electrons. The second-order valence-corrected chi connectivity index (χ2v) is 4.40. The van der Waals surface area contributed by atoms with Gasteiger partial charge in [0, 0.05) is 18.4 Å². The molecule has 0 spiro atoms. The molecule has 0 aliphatic rings. The van der Waals surface area contributed by atoms with Crippen molar-refractivity contribution >= 4 is 28.2 Å². The first-order valence-corrected chi connectivity index (χ1v) is 6.26. The van der Waals surface area contributed by atoms with Crippen LogP contribution in [0.5, 0.6) is 0 Å². The summed E-state index contributed by atoms with van der Waals surface area (Å²) in [6, 6.07) is 6.70. The SMILES string of the molecule is O=C(O)CCCNc1c([N+](=O)[O-])c(=O)[nH]c2ccccc12. The minimum absolute atomic E-state index is 0.0536. The highest BCUT2D eigenvalue weighted by atomic mass is 16.6. The van der Waals surface area contributed by atoms with Gasteiger partial charge in [-0.15, -0.1) is 0 Å². The smallest absolute Gasteiger partial charge is 0.357 e. The zero-order chi connectivity index (χ0) is 15.4. The highest BCUT2D eigenvalue weighted by Crippen LogP contribution is 2.28. The maximum atomic E-state index is 11.8. The third-order valence-electron chi connectivity index (χ3n) is 2.95. The van der Waals surface area contributed by atoms with Gasteiger partial charge in [0.05, 0.1) is 10.4 Å². The van der Waals surface area contributed by atoms with Crippen LogP contribution in [0.4, 0.5) is 11.4 Å². The van der Waals surface area contributed by atoms with Crippen LogP contribution >= 0.6 is 0 Å². The van der Waals surface area contributed by atoms with Gasteiger partial charge in [0.15, 0.2) is 0 Å². The number of carboxylic acids is 1. The lowest BCUT2D eigenvalue weighted by molar-refractivity contribution is -0.385. The number of rotatable bonds is 6. The number of aromatic amines is 1. The zero-order valence-corrected chi connectivity index (χ0v) is 11.0. The number of hydrogen-bond acceptors (Lipinski definition) is 5. The Balaban J connectivity index is 2.42. The summed E-state index contributed by atoms with van der Waals surface area (Å²) in [6.07, 6.45) is 0.246. The van der Waals surface area contributed by atoms with Crippen LogP contribution in [0.15, 0.2) is 29.1 Å². The molecule has 0 saturated heterocycles. The Morgan fingerprint density at radius 1 is 1.38 bits per heavy atom. The maximum Gasteiger partial charge on any atom is 0.357 e. The molecule has 0 atom stereocenters. The Labute approximate surface area is 118 Å². The number of nitrogens with zero attached hydrogens (tertiary/aromatic N) is 1. The molecule has 1 aromatic heterocycles. The number of aromatic nitrogens is 1. The number of para-hydroxylation sites is 1. The third-order valence-corrected chi connectivity index (χ3v) is 2.95. The molecule has 0 fully saturated rings. The van der Waals surface area contributed by atoms with Gasteiger partial charge in [-0.1, -0.05) is 18.2 Å². The number of H-pyrrole nitrogens is 1. The summed E-state index contributed by atoms with van der Waals surface area (Å²) in [5, 5.41) is 23.0. The molecular weight excluding hydrogens is 278 g/mol. The monoisotopic (exact) mass is 291 g/mol. The molecule has 1 heterocycles. The predicted molar refractivity (Wildman–Crippen MR) is 76.6 cm³/mol. The Hall–Kier alpha value is -2.90. The number of nitro groups is 1. The average molecular weight is 291 g/mol. The molecule has 2 aromatic rings. The summed E-state index contributed by atoms with van der Waals surface area (Å²) in [5.74, 6) is -0.943. The number of hydrogen-bond donors (Lipinski definition) is 3. The quantitative estimate of drug-likeness (QED) is 0.422. The van der Waals surface area contributed by atoms with Crippen molar-refractivity contribution in [3.05, 3.63) is 44.7 Å². The largest absolute Gasteiger partial charge is 0.481 e. The first kappa shape index (κ1) is 14.5. The highest BCUT2D eigenvalue weighted by Gasteiger charge is 2.22. The third kappa shape index (κ3) is 3.16. The molecule has 8 heteroatoms. The normalized spacial score (nSPS) is 10.5. The second kappa shape index (κ2) is 6.04. The molecule has 3 N–H and O–H groups in total. The number of carboxylic acid groups (broad SMARTS) is 1. The first-order valence-electron chi connectivity index (χ1n) is 6.26. The Morgan fingerprint density at radius 2 is 2.10 bits per heavy atom. The van der Waals surface area contributed by atoms with E-state index in [1.54, 1.807) is 24.3 Å². The lowest BCUT2D eigenvalue weighted by atomic mass is 10.1. The molecule has 2 rings (SSSR count). The van der Waals surface area contributed by atoms with Gasteiger partial charge in [-0.05, 0) is 12.5 Å². The molecule has 1 aromatic carbocycles. The van der Waals surface area contributed by atoms with E-state index in [0.29, 0.717) is 17.3 Å². The van der Waals surface area contributed by atoms with Gasteiger partial charge in [0.2, 0.25) is 0 Å². The number of aliphatic carboxylic acids is 1. The van der Waals surface area contributed by atoms with Crippen LogP contribution in [-0.2, 0) is 4.79 Å². The number of nitrogens with one attached hydrogen (secondary N) is 2. The molecular formula is C13H13N3O5. The van der Waals surface area contributed by atoms with Crippen molar-refractivity contribution in [3.8, 4) is 0 Å². The predicted octanol–water partition coefficient (Wildman–Crippen LogP) is 1.71. The fourth-order valence-corrected chi connectivity index (χ4v) is 2.04. The molecule has 0 bridgehead atoms. The first-order chi connectivity index (χ1) is 10.0. The van der Waals surface area contributed by atoms with Crippen LogP contribution in [0.25, 0.3) is 10.9 Å². The van der Waals surface area contributed by atoms with E-state index in [0.717, 1.165) is 0 Å². The number of fused-ring (bicyclic) bond motifs is 1. The number of carbonyl (C=O) groups is 1. The minimum Gasteiger partial charge on any atom is -0.481 e. The maximum absolute atomic E-state index is 11.8. The van der Waals surface area contributed by atoms with Crippen LogP contribution in [-0.4, -0.2) is 27.5 Å². The van der Waals surface area contributed by atoms with Crippen molar-refractivity contribution in [2.75, 3.05) is 11.9 Å². The van der Waals surface area contributed by atoms with Gasteiger partial charge in [0.25, 0.3) is 0 Å². The van der Waals surface area contributed by atoms with Crippen LogP contribution in [0, 0.1) is 10.1 Å². The van der Waals surface area contributed by atoms with Gasteiger partial charge in [-0.3, -0.25) is 19.7 Å². The van der Waals surface area contributed by atoms with Crippen molar-refractivity contribution in [1.29, 1.82) is 0 Å². The molecule has 110 valence electrons. The Kier molecular flexibility index (Phi) is 4.17. The van der Waals surface area contributed by atoms with Crippen molar-refractivity contribution in [1.82, 2.24) is 4.98 Å². The van der Waals surface area contributed by atoms with Crippen molar-refractivity contribution in [2.24, 2.45) is 0 Å². The van der Waals surface area contributed by atoms with Crippen molar-refractivity contribution < 1.29 is 14.8 Å². The lowest BCUT2D eigenvalue weighted by Crippen LogP contribution is -2.16. The molecule has 0 aliphatic heterocycles. The summed E-state index contributed by atoms with van der Waals surface area (Å²) in [6.45, 7) is 0.223. The number of pyridine rings is 1. The average Bonchev–Trinajstić information content (AvgIpc) is 2.42. The van der Waals surface area contributed by atoms with E-state index >= 15 is 0 Å². The summed E-state index contributed by atoms with van der Waals surface area (Å²) in [7, 11) is 0. The minimum atomic E-state index is -0.943. The van der Waals surface area contributed by atoms with Crippen molar-refractivity contribution in [2.45, 2.75) is 12.8 Å². The summed E-state index contributed by atoms with van der Waals surface area (Å²) < 4.78 is 0. The highest BCUT2D eigenvalue weighted by molar-refractivity contribution is 5.95. The standard InChI is InChI=1S/C13H13N3O5/c17-10(18)6-3-7-14-11-8-4-1-2-5-9(8)15-13(19)12(11)16(20)21/h1-2,4-5H,3,6-7H2,(H,17,18)(H2,14,15,19). The van der Waals surface area contributed by atoms with E-state index in [1.807, 2.05) is 0 Å². The Bertz CT molecular complexity index is 753. The van der Waals surface area contributed by atoms with Gasteiger partial charge in [-0.25, -0.2) is 0 Å². The Morgan fingerprint density at radius 3 is 2.76 bits per heavy atom. The molecule has 8 nitrogen and oxygen atoms in total. The van der Waals surface area contributed by atoms with E-state index < -0.39 is 22.1 Å². The topological polar surface area (TPSA) is 125 Å².